The van der Waals surface area contributed by atoms with Gasteiger partial charge in [-0.15, -0.1) is 5.10 Å². The highest BCUT2D eigenvalue weighted by Gasteiger charge is 2.15. The van der Waals surface area contributed by atoms with E-state index in [1.807, 2.05) is 6.07 Å². The van der Waals surface area contributed by atoms with Gasteiger partial charge in [-0.05, 0) is 35.4 Å². The van der Waals surface area contributed by atoms with Gasteiger partial charge < -0.3 is 4.74 Å². The first-order valence-corrected chi connectivity index (χ1v) is 4.42. The van der Waals surface area contributed by atoms with Crippen LogP contribution in [0.2, 0.25) is 0 Å². The Kier molecular flexibility index (Phi) is 2.64. The number of hydrogen-bond acceptors (Lipinski definition) is 6. The average Bonchev–Trinajstić information content (AvgIpc) is 2.66. The number of nitrogens with zero attached hydrogens (tertiary/aromatic N) is 4. The molecule has 0 bridgehead atoms. The molecule has 0 saturated heterocycles. The van der Waals surface area contributed by atoms with Crippen LogP contribution in [0.15, 0.2) is 30.3 Å². The molecule has 1 aromatic heterocycles. The van der Waals surface area contributed by atoms with Crippen LogP contribution in [0.3, 0.4) is 0 Å². The molecule has 0 saturated carbocycles. The number of aromatic nitrogens is 4. The molecule has 0 amide bonds. The molecule has 0 spiro atoms. The Labute approximate surface area is 90.4 Å². The molecule has 7 heteroatoms. The third-order valence-electron chi connectivity index (χ3n) is 1.59. The number of carbonyl (C=O) groups is 1. The summed E-state index contributed by atoms with van der Waals surface area (Å²) < 4.78 is 5.94. The SMILES string of the molecule is O=C(Oc1ccccc1)c1nnnn1S. The van der Waals surface area contributed by atoms with E-state index in [0.717, 1.165) is 4.09 Å². The minimum absolute atomic E-state index is 0.0674. The summed E-state index contributed by atoms with van der Waals surface area (Å²) >= 11 is 3.83. The van der Waals surface area contributed by atoms with Crippen molar-refractivity contribution < 1.29 is 9.53 Å². The van der Waals surface area contributed by atoms with E-state index in [0.29, 0.717) is 5.75 Å². The Morgan fingerprint density at radius 1 is 1.33 bits per heavy atom. The molecule has 1 aromatic carbocycles. The number of hydrogen-bond donors (Lipinski definition) is 1. The standard InChI is InChI=1S/C8H6N4O2S/c13-8(7-9-10-11-12(7)15)14-6-4-2-1-3-5-6/h1-5,15H. The van der Waals surface area contributed by atoms with Gasteiger partial charge >= 0.3 is 5.97 Å². The Bertz CT molecular complexity index is 471. The highest BCUT2D eigenvalue weighted by atomic mass is 32.1. The van der Waals surface area contributed by atoms with E-state index < -0.39 is 5.97 Å². The lowest BCUT2D eigenvalue weighted by molar-refractivity contribution is 0.0720. The van der Waals surface area contributed by atoms with Crippen molar-refractivity contribution in [3.63, 3.8) is 0 Å². The lowest BCUT2D eigenvalue weighted by atomic mass is 10.3. The summed E-state index contributed by atoms with van der Waals surface area (Å²) in [6, 6.07) is 8.65. The first-order chi connectivity index (χ1) is 7.27. The summed E-state index contributed by atoms with van der Waals surface area (Å²) in [6.45, 7) is 0. The van der Waals surface area contributed by atoms with Gasteiger partial charge in [-0.3, -0.25) is 0 Å². The van der Waals surface area contributed by atoms with Gasteiger partial charge in [0, 0.05) is 0 Å². The lowest BCUT2D eigenvalue weighted by Gasteiger charge is -2.00. The smallest absolute Gasteiger partial charge is 0.384 e. The van der Waals surface area contributed by atoms with Crippen LogP contribution in [0.1, 0.15) is 10.6 Å². The van der Waals surface area contributed by atoms with Crippen LogP contribution < -0.4 is 4.74 Å². The molecule has 6 nitrogen and oxygen atoms in total. The fraction of sp³-hybridized carbons (Fsp3) is 0. The van der Waals surface area contributed by atoms with Crippen molar-refractivity contribution in [2.24, 2.45) is 0 Å². The molecule has 0 unspecified atom stereocenters. The predicted octanol–water partition coefficient (Wildman–Crippen LogP) is 0.585. The number of para-hydroxylation sites is 1. The molecule has 0 fully saturated rings. The lowest BCUT2D eigenvalue weighted by Crippen LogP contribution is -2.13. The van der Waals surface area contributed by atoms with Gasteiger partial charge in [-0.25, -0.2) is 4.79 Å². The number of carbonyl (C=O) groups excluding carboxylic acids is 1. The number of tetrazole rings is 1. The molecule has 0 aliphatic rings. The van der Waals surface area contributed by atoms with Crippen LogP contribution in [0, 0.1) is 0 Å². The zero-order valence-corrected chi connectivity index (χ0v) is 8.33. The van der Waals surface area contributed by atoms with E-state index in [9.17, 15) is 4.79 Å². The van der Waals surface area contributed by atoms with Crippen molar-refractivity contribution >= 4 is 18.8 Å². The Hall–Kier alpha value is -1.89. The number of thiol groups is 1. The maximum Gasteiger partial charge on any atom is 0.384 e. The highest BCUT2D eigenvalue weighted by molar-refractivity contribution is 7.78. The van der Waals surface area contributed by atoms with Crippen molar-refractivity contribution in [2.75, 3.05) is 0 Å². The first kappa shape index (κ1) is 9.66. The largest absolute Gasteiger partial charge is 0.421 e. The van der Waals surface area contributed by atoms with Crippen LogP contribution in [-0.4, -0.2) is 25.6 Å². The van der Waals surface area contributed by atoms with Gasteiger partial charge in [0.05, 0.1) is 0 Å². The van der Waals surface area contributed by atoms with Crippen molar-refractivity contribution in [2.45, 2.75) is 0 Å². The Balaban J connectivity index is 2.15. The minimum atomic E-state index is -0.652. The summed E-state index contributed by atoms with van der Waals surface area (Å²) in [4.78, 5) is 11.5. The van der Waals surface area contributed by atoms with Crippen molar-refractivity contribution in [1.82, 2.24) is 19.6 Å². The molecule has 0 aliphatic heterocycles. The maximum atomic E-state index is 11.5. The third-order valence-corrected chi connectivity index (χ3v) is 1.86. The summed E-state index contributed by atoms with van der Waals surface area (Å²) in [5.41, 5.74) is 0. The molecule has 0 aliphatic carbocycles. The summed E-state index contributed by atoms with van der Waals surface area (Å²) in [7, 11) is 0. The number of rotatable bonds is 2. The van der Waals surface area contributed by atoms with Crippen molar-refractivity contribution in [1.29, 1.82) is 0 Å². The van der Waals surface area contributed by atoms with Crippen LogP contribution in [-0.2, 0) is 0 Å². The van der Waals surface area contributed by atoms with E-state index >= 15 is 0 Å². The Morgan fingerprint density at radius 3 is 2.67 bits per heavy atom. The maximum absolute atomic E-state index is 11.5. The molecule has 2 rings (SSSR count). The van der Waals surface area contributed by atoms with E-state index in [2.05, 4.69) is 28.3 Å². The minimum Gasteiger partial charge on any atom is -0.421 e. The molecule has 1 heterocycles. The van der Waals surface area contributed by atoms with Crippen LogP contribution in [0.5, 0.6) is 5.75 Å². The zero-order chi connectivity index (χ0) is 10.7. The average molecular weight is 222 g/mol. The van der Waals surface area contributed by atoms with Crippen molar-refractivity contribution in [3.8, 4) is 5.75 Å². The van der Waals surface area contributed by atoms with Crippen LogP contribution >= 0.6 is 12.8 Å². The quantitative estimate of drug-likeness (QED) is 0.457. The molecule has 76 valence electrons. The molecule has 2 aromatic rings. The van der Waals surface area contributed by atoms with E-state index in [-0.39, 0.29) is 5.82 Å². The first-order valence-electron chi connectivity index (χ1n) is 4.02. The second-order valence-electron chi connectivity index (χ2n) is 2.59. The van der Waals surface area contributed by atoms with Gasteiger partial charge in [0.25, 0.3) is 5.82 Å². The third kappa shape index (κ3) is 2.13. The van der Waals surface area contributed by atoms with Gasteiger partial charge in [-0.1, -0.05) is 18.2 Å². The van der Waals surface area contributed by atoms with Crippen molar-refractivity contribution in [3.05, 3.63) is 36.2 Å². The second-order valence-corrected chi connectivity index (χ2v) is 2.97. The number of benzene rings is 1. The second kappa shape index (κ2) is 4.09. The molecular formula is C8H6N4O2S. The normalized spacial score (nSPS) is 9.93. The van der Waals surface area contributed by atoms with E-state index in [1.54, 1.807) is 24.3 Å². The van der Waals surface area contributed by atoms with Gasteiger partial charge in [-0.2, -0.15) is 4.09 Å². The summed E-state index contributed by atoms with van der Waals surface area (Å²) in [6.07, 6.45) is 0. The molecule has 15 heavy (non-hydrogen) atoms. The molecular weight excluding hydrogens is 216 g/mol. The van der Waals surface area contributed by atoms with Gasteiger partial charge in [0.2, 0.25) is 0 Å². The van der Waals surface area contributed by atoms with Crippen LogP contribution in [0.4, 0.5) is 0 Å². The highest BCUT2D eigenvalue weighted by Crippen LogP contribution is 2.10. The summed E-state index contributed by atoms with van der Waals surface area (Å²) in [5.74, 6) is -0.290. The zero-order valence-electron chi connectivity index (χ0n) is 7.44. The fourth-order valence-corrected chi connectivity index (χ4v) is 1.10. The Morgan fingerprint density at radius 2 is 2.07 bits per heavy atom. The molecule has 0 N–H and O–H groups in total. The molecule has 0 radical (unpaired) electrons. The predicted molar refractivity (Wildman–Crippen MR) is 53.6 cm³/mol. The monoisotopic (exact) mass is 222 g/mol. The van der Waals surface area contributed by atoms with Crippen LogP contribution in [0.25, 0.3) is 0 Å². The summed E-state index contributed by atoms with van der Waals surface area (Å²) in [5, 5.41) is 10.1. The van der Waals surface area contributed by atoms with E-state index in [4.69, 9.17) is 4.74 Å². The van der Waals surface area contributed by atoms with E-state index in [1.165, 1.54) is 0 Å². The topological polar surface area (TPSA) is 69.9 Å². The van der Waals surface area contributed by atoms with Gasteiger partial charge in [0.1, 0.15) is 5.75 Å². The number of esters is 1. The molecule has 0 atom stereocenters. The van der Waals surface area contributed by atoms with Gasteiger partial charge in [0.15, 0.2) is 0 Å². The number of ether oxygens (including phenoxy) is 1. The fourth-order valence-electron chi connectivity index (χ4n) is 0.946.